The van der Waals surface area contributed by atoms with E-state index in [4.69, 9.17) is 4.74 Å². The Morgan fingerprint density at radius 3 is 2.90 bits per heavy atom. The molecule has 0 saturated carbocycles. The van der Waals surface area contributed by atoms with E-state index in [-0.39, 0.29) is 30.5 Å². The van der Waals surface area contributed by atoms with Gasteiger partial charge in [0.2, 0.25) is 11.8 Å². The van der Waals surface area contributed by atoms with E-state index in [9.17, 15) is 9.59 Å². The summed E-state index contributed by atoms with van der Waals surface area (Å²) in [5.74, 6) is 0.217. The summed E-state index contributed by atoms with van der Waals surface area (Å²) in [6, 6.07) is -0.217. The highest BCUT2D eigenvalue weighted by atomic mass is 16.5. The quantitative estimate of drug-likeness (QED) is 0.731. The number of hydrogen-bond donors (Lipinski definition) is 0. The van der Waals surface area contributed by atoms with Crippen molar-refractivity contribution in [1.29, 1.82) is 0 Å². The van der Waals surface area contributed by atoms with Crippen LogP contribution >= 0.6 is 0 Å². The molecule has 0 aliphatic carbocycles. The first-order valence-corrected chi connectivity index (χ1v) is 8.11. The highest BCUT2D eigenvalue weighted by molar-refractivity contribution is 5.95. The first-order valence-electron chi connectivity index (χ1n) is 8.11. The molecule has 0 aromatic carbocycles. The maximum absolute atomic E-state index is 12.6. The average molecular weight is 295 g/mol. The van der Waals surface area contributed by atoms with Crippen molar-refractivity contribution in [3.63, 3.8) is 0 Å². The number of fused-ring (bicyclic) bond motifs is 1. The predicted octanol–water partition coefficient (Wildman–Crippen LogP) is -0.0696. The van der Waals surface area contributed by atoms with E-state index < -0.39 is 0 Å². The van der Waals surface area contributed by atoms with Crippen LogP contribution in [0.4, 0.5) is 0 Å². The maximum Gasteiger partial charge on any atom is 0.245 e. The number of amides is 2. The van der Waals surface area contributed by atoms with Crippen LogP contribution in [0.15, 0.2) is 0 Å². The molecule has 2 amide bonds. The van der Waals surface area contributed by atoms with E-state index in [1.165, 1.54) is 0 Å². The SMILES string of the molecule is CCN1CCOC(CN2CC(=O)N3CCCCC3C2=O)C1. The highest BCUT2D eigenvalue weighted by Gasteiger charge is 2.41. The molecule has 0 aromatic heterocycles. The standard InChI is InChI=1S/C15H25N3O3/c1-2-16-7-8-21-12(9-16)10-17-11-14(19)18-6-4-3-5-13(18)15(17)20/h12-13H,2-11H2,1H3. The molecule has 3 heterocycles. The number of likely N-dealkylation sites (N-methyl/N-ethyl adjacent to an activating group) is 1. The van der Waals surface area contributed by atoms with Crippen LogP contribution in [0.1, 0.15) is 26.2 Å². The lowest BCUT2D eigenvalue weighted by molar-refractivity contribution is -0.160. The summed E-state index contributed by atoms with van der Waals surface area (Å²) in [6.07, 6.45) is 2.91. The largest absolute Gasteiger partial charge is 0.374 e. The Labute approximate surface area is 126 Å². The minimum absolute atomic E-state index is 0.0330. The van der Waals surface area contributed by atoms with E-state index in [1.807, 2.05) is 0 Å². The zero-order chi connectivity index (χ0) is 14.8. The number of nitrogens with zero attached hydrogens (tertiary/aromatic N) is 3. The molecule has 0 bridgehead atoms. The summed E-state index contributed by atoms with van der Waals surface area (Å²) in [5, 5.41) is 0. The molecule has 2 unspecified atom stereocenters. The lowest BCUT2D eigenvalue weighted by Crippen LogP contribution is -2.63. The van der Waals surface area contributed by atoms with E-state index in [0.29, 0.717) is 13.2 Å². The lowest BCUT2D eigenvalue weighted by atomic mass is 9.98. The second-order valence-electron chi connectivity index (χ2n) is 6.20. The number of carbonyl (C=O) groups is 2. The molecule has 6 heteroatoms. The molecule has 0 radical (unpaired) electrons. The van der Waals surface area contributed by atoms with Gasteiger partial charge in [0, 0.05) is 26.2 Å². The Kier molecular flexibility index (Phi) is 4.45. The smallest absolute Gasteiger partial charge is 0.245 e. The number of piperazine rings is 1. The summed E-state index contributed by atoms with van der Waals surface area (Å²) >= 11 is 0. The van der Waals surface area contributed by atoms with E-state index in [1.54, 1.807) is 9.80 Å². The number of hydrogen-bond acceptors (Lipinski definition) is 4. The van der Waals surface area contributed by atoms with Gasteiger partial charge in [-0.3, -0.25) is 14.5 Å². The van der Waals surface area contributed by atoms with E-state index in [0.717, 1.165) is 45.4 Å². The first-order chi connectivity index (χ1) is 10.2. The van der Waals surface area contributed by atoms with Crippen molar-refractivity contribution in [2.24, 2.45) is 0 Å². The molecular weight excluding hydrogens is 270 g/mol. The van der Waals surface area contributed by atoms with Crippen LogP contribution in [0.2, 0.25) is 0 Å². The van der Waals surface area contributed by atoms with Crippen molar-refractivity contribution < 1.29 is 14.3 Å². The number of ether oxygens (including phenoxy) is 1. The van der Waals surface area contributed by atoms with Crippen LogP contribution in [0, 0.1) is 0 Å². The molecule has 3 rings (SSSR count). The Morgan fingerprint density at radius 2 is 2.10 bits per heavy atom. The summed E-state index contributed by atoms with van der Waals surface area (Å²) in [5.41, 5.74) is 0. The molecule has 3 aliphatic rings. The number of morpholine rings is 1. The van der Waals surface area contributed by atoms with Gasteiger partial charge in [-0.2, -0.15) is 0 Å². The van der Waals surface area contributed by atoms with Gasteiger partial charge in [0.05, 0.1) is 19.3 Å². The fraction of sp³-hybridized carbons (Fsp3) is 0.867. The lowest BCUT2D eigenvalue weighted by Gasteiger charge is -2.44. The number of carbonyl (C=O) groups excluding carboxylic acids is 2. The number of piperidine rings is 1. The van der Waals surface area contributed by atoms with Crippen LogP contribution in [0.5, 0.6) is 0 Å². The summed E-state index contributed by atoms with van der Waals surface area (Å²) < 4.78 is 5.77. The molecule has 0 N–H and O–H groups in total. The first kappa shape index (κ1) is 14.8. The molecule has 0 aromatic rings. The highest BCUT2D eigenvalue weighted by Crippen LogP contribution is 2.23. The van der Waals surface area contributed by atoms with Crippen LogP contribution in [0.25, 0.3) is 0 Å². The van der Waals surface area contributed by atoms with Gasteiger partial charge in [-0.15, -0.1) is 0 Å². The molecule has 3 fully saturated rings. The predicted molar refractivity (Wildman–Crippen MR) is 77.8 cm³/mol. The summed E-state index contributed by atoms with van der Waals surface area (Å²) in [4.78, 5) is 30.7. The van der Waals surface area contributed by atoms with Gasteiger partial charge in [-0.1, -0.05) is 6.92 Å². The van der Waals surface area contributed by atoms with Crippen molar-refractivity contribution in [2.75, 3.05) is 45.9 Å². The third kappa shape index (κ3) is 3.06. The van der Waals surface area contributed by atoms with Crippen LogP contribution < -0.4 is 0 Å². The van der Waals surface area contributed by atoms with Crippen molar-refractivity contribution in [3.05, 3.63) is 0 Å². The summed E-state index contributed by atoms with van der Waals surface area (Å²) in [6.45, 7) is 7.17. The Balaban J connectivity index is 1.62. The van der Waals surface area contributed by atoms with Crippen LogP contribution in [-0.2, 0) is 14.3 Å². The fourth-order valence-electron chi connectivity index (χ4n) is 3.61. The molecule has 21 heavy (non-hydrogen) atoms. The van der Waals surface area contributed by atoms with Crippen molar-refractivity contribution in [3.8, 4) is 0 Å². The van der Waals surface area contributed by atoms with Gasteiger partial charge in [-0.25, -0.2) is 0 Å². The van der Waals surface area contributed by atoms with E-state index >= 15 is 0 Å². The molecule has 2 atom stereocenters. The van der Waals surface area contributed by atoms with Crippen molar-refractivity contribution >= 4 is 11.8 Å². The summed E-state index contributed by atoms with van der Waals surface area (Å²) in [7, 11) is 0. The second-order valence-corrected chi connectivity index (χ2v) is 6.20. The minimum atomic E-state index is -0.217. The maximum atomic E-state index is 12.6. The topological polar surface area (TPSA) is 53.1 Å². The van der Waals surface area contributed by atoms with Gasteiger partial charge in [0.15, 0.2) is 0 Å². The van der Waals surface area contributed by atoms with Crippen molar-refractivity contribution in [2.45, 2.75) is 38.3 Å². The zero-order valence-electron chi connectivity index (χ0n) is 12.8. The molecule has 0 spiro atoms. The normalized spacial score (nSPS) is 31.5. The van der Waals surface area contributed by atoms with E-state index in [2.05, 4.69) is 11.8 Å². The Morgan fingerprint density at radius 1 is 1.24 bits per heavy atom. The molecule has 118 valence electrons. The van der Waals surface area contributed by atoms with Gasteiger partial charge in [0.1, 0.15) is 6.04 Å². The molecule has 6 nitrogen and oxygen atoms in total. The fourth-order valence-corrected chi connectivity index (χ4v) is 3.61. The molecule has 3 aliphatic heterocycles. The molecule has 3 saturated heterocycles. The minimum Gasteiger partial charge on any atom is -0.374 e. The van der Waals surface area contributed by atoms with Gasteiger partial charge < -0.3 is 14.5 Å². The van der Waals surface area contributed by atoms with Crippen molar-refractivity contribution in [1.82, 2.24) is 14.7 Å². The Hall–Kier alpha value is -1.14. The second kappa shape index (κ2) is 6.32. The van der Waals surface area contributed by atoms with Gasteiger partial charge in [-0.05, 0) is 25.8 Å². The molecular formula is C15H25N3O3. The van der Waals surface area contributed by atoms with Crippen LogP contribution in [0.3, 0.4) is 0 Å². The van der Waals surface area contributed by atoms with Crippen LogP contribution in [-0.4, -0.2) is 84.5 Å². The van der Waals surface area contributed by atoms with Gasteiger partial charge >= 0.3 is 0 Å². The zero-order valence-corrected chi connectivity index (χ0v) is 12.8. The Bertz CT molecular complexity index is 415. The average Bonchev–Trinajstić information content (AvgIpc) is 2.52. The third-order valence-corrected chi connectivity index (χ3v) is 4.84. The van der Waals surface area contributed by atoms with Gasteiger partial charge in [0.25, 0.3) is 0 Å². The number of rotatable bonds is 3. The third-order valence-electron chi connectivity index (χ3n) is 4.84. The monoisotopic (exact) mass is 295 g/mol.